The molecule has 4 aromatic rings. The Morgan fingerprint density at radius 3 is 2.68 bits per heavy atom. The molecular weight excluding hydrogens is 330 g/mol. The lowest BCUT2D eigenvalue weighted by Gasteiger charge is -2.06. The van der Waals surface area contributed by atoms with E-state index >= 15 is 0 Å². The Kier molecular flexibility index (Phi) is 4.15. The minimum Gasteiger partial charge on any atom is -0.298 e. The molecule has 0 bridgehead atoms. The van der Waals surface area contributed by atoms with E-state index in [1.165, 1.54) is 16.9 Å². The third-order valence-corrected chi connectivity index (χ3v) is 5.14. The van der Waals surface area contributed by atoms with E-state index in [1.54, 1.807) is 17.1 Å². The van der Waals surface area contributed by atoms with Gasteiger partial charge >= 0.3 is 0 Å². The molecule has 3 aromatic heterocycles. The Morgan fingerprint density at radius 1 is 1.08 bits per heavy atom. The van der Waals surface area contributed by atoms with Crippen LogP contribution in [0.1, 0.15) is 11.3 Å². The molecular formula is C20H17N3OS. The lowest BCUT2D eigenvalue weighted by molar-refractivity contribution is 0.654. The predicted molar refractivity (Wildman–Crippen MR) is 102 cm³/mol. The van der Waals surface area contributed by atoms with Gasteiger partial charge in [-0.3, -0.25) is 14.3 Å². The molecule has 0 amide bonds. The number of hydrogen-bond acceptors (Lipinski definition) is 4. The van der Waals surface area contributed by atoms with Gasteiger partial charge in [0.2, 0.25) is 0 Å². The van der Waals surface area contributed by atoms with E-state index in [9.17, 15) is 4.79 Å². The summed E-state index contributed by atoms with van der Waals surface area (Å²) in [5, 5.41) is 2.73. The zero-order valence-corrected chi connectivity index (χ0v) is 14.7. The van der Waals surface area contributed by atoms with E-state index in [1.807, 2.05) is 23.6 Å². The fourth-order valence-corrected chi connectivity index (χ4v) is 3.76. The van der Waals surface area contributed by atoms with E-state index in [2.05, 4.69) is 41.2 Å². The third-order valence-electron chi connectivity index (χ3n) is 4.26. The summed E-state index contributed by atoms with van der Waals surface area (Å²) in [6.07, 6.45) is 4.12. The summed E-state index contributed by atoms with van der Waals surface area (Å²) in [7, 11) is 0. The molecule has 0 saturated heterocycles. The molecule has 5 heteroatoms. The van der Waals surface area contributed by atoms with Crippen molar-refractivity contribution < 1.29 is 0 Å². The highest BCUT2D eigenvalue weighted by Crippen LogP contribution is 2.30. The number of fused-ring (bicyclic) bond motifs is 1. The van der Waals surface area contributed by atoms with Gasteiger partial charge < -0.3 is 0 Å². The van der Waals surface area contributed by atoms with Gasteiger partial charge in [0.25, 0.3) is 5.56 Å². The minimum atomic E-state index is 0.0118. The van der Waals surface area contributed by atoms with Crippen molar-refractivity contribution in [1.82, 2.24) is 14.5 Å². The molecule has 124 valence electrons. The zero-order valence-electron chi connectivity index (χ0n) is 13.8. The molecule has 0 fully saturated rings. The number of benzene rings is 1. The van der Waals surface area contributed by atoms with E-state index in [4.69, 9.17) is 0 Å². The number of thiophene rings is 1. The number of rotatable bonds is 4. The maximum Gasteiger partial charge on any atom is 0.262 e. The van der Waals surface area contributed by atoms with Crippen LogP contribution in [0.5, 0.6) is 0 Å². The van der Waals surface area contributed by atoms with Gasteiger partial charge in [-0.2, -0.15) is 0 Å². The molecule has 0 aliphatic heterocycles. The molecule has 1 aromatic carbocycles. The molecule has 0 spiro atoms. The molecule has 0 aliphatic rings. The maximum atomic E-state index is 13.0. The molecule has 3 heterocycles. The fourth-order valence-electron chi connectivity index (χ4n) is 2.85. The smallest absolute Gasteiger partial charge is 0.262 e. The van der Waals surface area contributed by atoms with Crippen molar-refractivity contribution in [2.45, 2.75) is 19.9 Å². The summed E-state index contributed by atoms with van der Waals surface area (Å²) in [4.78, 5) is 22.6. The van der Waals surface area contributed by atoms with Crippen LogP contribution in [0.25, 0.3) is 21.3 Å². The highest BCUT2D eigenvalue weighted by atomic mass is 32.1. The molecule has 0 saturated carbocycles. The van der Waals surface area contributed by atoms with Crippen molar-refractivity contribution in [3.63, 3.8) is 0 Å². The maximum absolute atomic E-state index is 13.0. The Labute approximate surface area is 149 Å². The Balaban J connectivity index is 1.73. The molecule has 25 heavy (non-hydrogen) atoms. The first-order valence-electron chi connectivity index (χ1n) is 8.16. The van der Waals surface area contributed by atoms with E-state index < -0.39 is 0 Å². The van der Waals surface area contributed by atoms with Gasteiger partial charge in [-0.15, -0.1) is 11.3 Å². The standard InChI is InChI=1S/C20H17N3OS/c1-14-5-7-15(8-6-14)17-12-25-19-18(17)20(24)23(13-22-19)11-9-16-4-2-3-10-21-16/h2-8,10,12-13H,9,11H2,1H3. The summed E-state index contributed by atoms with van der Waals surface area (Å²) in [5.41, 5.74) is 4.20. The zero-order chi connectivity index (χ0) is 17.2. The van der Waals surface area contributed by atoms with Crippen LogP contribution in [-0.4, -0.2) is 14.5 Å². The highest BCUT2D eigenvalue weighted by Gasteiger charge is 2.13. The van der Waals surface area contributed by atoms with Gasteiger partial charge in [-0.25, -0.2) is 4.98 Å². The summed E-state index contributed by atoms with van der Waals surface area (Å²) in [6.45, 7) is 2.63. The summed E-state index contributed by atoms with van der Waals surface area (Å²) in [6, 6.07) is 14.1. The Bertz CT molecular complexity index is 1070. The monoisotopic (exact) mass is 347 g/mol. The summed E-state index contributed by atoms with van der Waals surface area (Å²) in [5.74, 6) is 0. The van der Waals surface area contributed by atoms with Gasteiger partial charge in [-0.05, 0) is 24.6 Å². The van der Waals surface area contributed by atoms with Gasteiger partial charge in [0, 0.05) is 35.8 Å². The van der Waals surface area contributed by atoms with Gasteiger partial charge in [0.05, 0.1) is 11.7 Å². The van der Waals surface area contributed by atoms with Crippen molar-refractivity contribution >= 4 is 21.6 Å². The SMILES string of the molecule is Cc1ccc(-c2csc3ncn(CCc4ccccn4)c(=O)c23)cc1. The van der Waals surface area contributed by atoms with E-state index in [0.717, 1.165) is 21.7 Å². The van der Waals surface area contributed by atoms with Gasteiger partial charge in [-0.1, -0.05) is 35.9 Å². The van der Waals surface area contributed by atoms with Crippen LogP contribution in [0.2, 0.25) is 0 Å². The van der Waals surface area contributed by atoms with Crippen molar-refractivity contribution in [3.05, 3.63) is 82.0 Å². The first kappa shape index (κ1) is 15.7. The second-order valence-electron chi connectivity index (χ2n) is 6.01. The molecule has 0 N–H and O–H groups in total. The first-order chi connectivity index (χ1) is 12.2. The molecule has 0 radical (unpaired) electrons. The van der Waals surface area contributed by atoms with Crippen LogP contribution in [0.15, 0.2) is 65.2 Å². The molecule has 4 nitrogen and oxygen atoms in total. The van der Waals surface area contributed by atoms with Crippen LogP contribution in [-0.2, 0) is 13.0 Å². The lowest BCUT2D eigenvalue weighted by Crippen LogP contribution is -2.21. The van der Waals surface area contributed by atoms with Crippen LogP contribution < -0.4 is 5.56 Å². The quantitative estimate of drug-likeness (QED) is 0.559. The highest BCUT2D eigenvalue weighted by molar-refractivity contribution is 7.17. The fraction of sp³-hybridized carbons (Fsp3) is 0.150. The predicted octanol–water partition coefficient (Wildman–Crippen LogP) is 4.07. The van der Waals surface area contributed by atoms with Gasteiger partial charge in [0.15, 0.2) is 0 Å². The molecule has 0 atom stereocenters. The van der Waals surface area contributed by atoms with E-state index in [0.29, 0.717) is 18.4 Å². The van der Waals surface area contributed by atoms with Crippen molar-refractivity contribution in [1.29, 1.82) is 0 Å². The number of aryl methyl sites for hydroxylation is 3. The number of hydrogen-bond donors (Lipinski definition) is 0. The van der Waals surface area contributed by atoms with E-state index in [-0.39, 0.29) is 5.56 Å². The number of pyridine rings is 1. The van der Waals surface area contributed by atoms with Crippen molar-refractivity contribution in [2.24, 2.45) is 0 Å². The third kappa shape index (κ3) is 3.10. The molecule has 0 aliphatic carbocycles. The lowest BCUT2D eigenvalue weighted by atomic mass is 10.1. The topological polar surface area (TPSA) is 47.8 Å². The average molecular weight is 347 g/mol. The Hall–Kier alpha value is -2.79. The number of nitrogens with zero attached hydrogens (tertiary/aromatic N) is 3. The van der Waals surface area contributed by atoms with Crippen LogP contribution in [0, 0.1) is 6.92 Å². The van der Waals surface area contributed by atoms with Crippen LogP contribution >= 0.6 is 11.3 Å². The first-order valence-corrected chi connectivity index (χ1v) is 9.04. The second-order valence-corrected chi connectivity index (χ2v) is 6.87. The molecule has 4 rings (SSSR count). The van der Waals surface area contributed by atoms with Crippen LogP contribution in [0.3, 0.4) is 0 Å². The minimum absolute atomic E-state index is 0.0118. The largest absolute Gasteiger partial charge is 0.298 e. The Morgan fingerprint density at radius 2 is 1.92 bits per heavy atom. The second kappa shape index (κ2) is 6.61. The summed E-state index contributed by atoms with van der Waals surface area (Å²) >= 11 is 1.51. The average Bonchev–Trinajstić information content (AvgIpc) is 3.08. The number of aromatic nitrogens is 3. The van der Waals surface area contributed by atoms with Crippen molar-refractivity contribution in [2.75, 3.05) is 0 Å². The van der Waals surface area contributed by atoms with Crippen LogP contribution in [0.4, 0.5) is 0 Å². The van der Waals surface area contributed by atoms with Gasteiger partial charge in [0.1, 0.15) is 4.83 Å². The molecule has 0 unspecified atom stereocenters. The summed E-state index contributed by atoms with van der Waals surface area (Å²) < 4.78 is 1.68. The van der Waals surface area contributed by atoms with Crippen molar-refractivity contribution in [3.8, 4) is 11.1 Å². The normalized spacial score (nSPS) is 11.1.